The zero-order valence-electron chi connectivity index (χ0n) is 7.18. The highest BCUT2D eigenvalue weighted by atomic mass is 19.4. The molecule has 0 spiro atoms. The van der Waals surface area contributed by atoms with Crippen molar-refractivity contribution in [1.29, 1.82) is 0 Å². The molecule has 0 bridgehead atoms. The summed E-state index contributed by atoms with van der Waals surface area (Å²) < 4.78 is 40.0. The molecule has 0 aliphatic heterocycles. The molecule has 0 amide bonds. The molecule has 0 unspecified atom stereocenters. The van der Waals surface area contributed by atoms with E-state index < -0.39 is 17.9 Å². The van der Waals surface area contributed by atoms with Gasteiger partial charge in [-0.25, -0.2) is 4.98 Å². The summed E-state index contributed by atoms with van der Waals surface area (Å²) in [5.41, 5.74) is -0.327. The molecule has 0 fully saturated rings. The molecule has 0 radical (unpaired) electrons. The van der Waals surface area contributed by atoms with Gasteiger partial charge in [0.15, 0.2) is 5.78 Å². The van der Waals surface area contributed by atoms with Crippen molar-refractivity contribution in [2.45, 2.75) is 6.18 Å². The predicted molar refractivity (Wildman–Crippen MR) is 39.8 cm³/mol. The van der Waals surface area contributed by atoms with Gasteiger partial charge >= 0.3 is 12.1 Å². The zero-order chi connectivity index (χ0) is 10.8. The van der Waals surface area contributed by atoms with Crippen LogP contribution in [0.4, 0.5) is 13.2 Å². The van der Waals surface area contributed by atoms with Gasteiger partial charge in [-0.2, -0.15) is 13.2 Å². The Kier molecular flexibility index (Phi) is 2.90. The quantitative estimate of drug-likeness (QED) is 0.755. The number of hydrogen-bond acceptors (Lipinski definition) is 4. The van der Waals surface area contributed by atoms with E-state index in [0.717, 1.165) is 0 Å². The summed E-state index contributed by atoms with van der Waals surface area (Å²) in [5.74, 6) is -1.95. The number of rotatable bonds is 3. The number of nitrogens with one attached hydrogen (secondary N) is 1. The lowest BCUT2D eigenvalue weighted by molar-refractivity contribution is -0.157. The Bertz CT molecular complexity index is 332. The zero-order valence-corrected chi connectivity index (χ0v) is 7.18. The van der Waals surface area contributed by atoms with Gasteiger partial charge in [0.05, 0.1) is 6.54 Å². The Hall–Kier alpha value is -1.37. The summed E-state index contributed by atoms with van der Waals surface area (Å²) in [7, 11) is 1.50. The number of hydrogen-bond donors (Lipinski definition) is 1. The van der Waals surface area contributed by atoms with Gasteiger partial charge in [-0.3, -0.25) is 4.79 Å². The summed E-state index contributed by atoms with van der Waals surface area (Å²) in [6, 6.07) is 0. The minimum absolute atomic E-state index is 0.0795. The van der Waals surface area contributed by atoms with E-state index in [-0.39, 0.29) is 12.2 Å². The number of carbonyl (C=O) groups excluding carboxylic acids is 1. The summed E-state index contributed by atoms with van der Waals surface area (Å²) in [5, 5.41) is 2.50. The van der Waals surface area contributed by atoms with E-state index >= 15 is 0 Å². The number of ketones is 1. The molecule has 0 saturated heterocycles. The number of likely N-dealkylation sites (N-methyl/N-ethyl adjacent to an activating group) is 1. The van der Waals surface area contributed by atoms with Crippen molar-refractivity contribution in [2.75, 3.05) is 13.6 Å². The second kappa shape index (κ2) is 3.79. The van der Waals surface area contributed by atoms with Crippen LogP contribution < -0.4 is 5.32 Å². The first kappa shape index (κ1) is 10.7. The molecule has 78 valence electrons. The van der Waals surface area contributed by atoms with Crippen molar-refractivity contribution in [3.8, 4) is 0 Å². The predicted octanol–water partition coefficient (Wildman–Crippen LogP) is 1.10. The number of aromatic nitrogens is 1. The van der Waals surface area contributed by atoms with Crippen LogP contribution in [-0.2, 0) is 6.18 Å². The molecule has 1 N–H and O–H groups in total. The van der Waals surface area contributed by atoms with E-state index in [0.29, 0.717) is 6.26 Å². The average molecular weight is 208 g/mol. The molecule has 4 nitrogen and oxygen atoms in total. The summed E-state index contributed by atoms with van der Waals surface area (Å²) in [6.45, 7) is -0.0795. The second-order valence-electron chi connectivity index (χ2n) is 2.49. The van der Waals surface area contributed by atoms with Crippen LogP contribution >= 0.6 is 0 Å². The lowest BCUT2D eigenvalue weighted by Gasteiger charge is -1.97. The van der Waals surface area contributed by atoms with Crippen LogP contribution in [-0.4, -0.2) is 24.4 Å². The van der Waals surface area contributed by atoms with Crippen LogP contribution in [0.3, 0.4) is 0 Å². The molecule has 0 saturated carbocycles. The van der Waals surface area contributed by atoms with Crippen molar-refractivity contribution >= 4 is 5.78 Å². The van der Waals surface area contributed by atoms with Crippen LogP contribution in [0.25, 0.3) is 0 Å². The van der Waals surface area contributed by atoms with E-state index in [9.17, 15) is 18.0 Å². The molecular formula is C7H7F3N2O2. The van der Waals surface area contributed by atoms with Crippen LogP contribution in [0.15, 0.2) is 10.7 Å². The minimum atomic E-state index is -4.65. The Morgan fingerprint density at radius 1 is 1.64 bits per heavy atom. The number of alkyl halides is 3. The SMILES string of the molecule is CNCC(=O)c1coc(C(F)(F)F)n1. The van der Waals surface area contributed by atoms with Gasteiger partial charge in [0.1, 0.15) is 12.0 Å². The fourth-order valence-electron chi connectivity index (χ4n) is 0.783. The van der Waals surface area contributed by atoms with Crippen molar-refractivity contribution < 1.29 is 22.4 Å². The Labute approximate surface area is 77.1 Å². The Morgan fingerprint density at radius 3 is 2.71 bits per heavy atom. The van der Waals surface area contributed by atoms with Crippen LogP contribution in [0, 0.1) is 0 Å². The van der Waals surface area contributed by atoms with Crippen molar-refractivity contribution in [3.63, 3.8) is 0 Å². The highest BCUT2D eigenvalue weighted by Gasteiger charge is 2.37. The number of carbonyl (C=O) groups is 1. The first-order chi connectivity index (χ1) is 6.45. The Balaban J connectivity index is 2.83. The monoisotopic (exact) mass is 208 g/mol. The number of Topliss-reactive ketones (excluding diaryl/α,β-unsaturated/α-hetero) is 1. The highest BCUT2D eigenvalue weighted by molar-refractivity contribution is 5.95. The maximum Gasteiger partial charge on any atom is 0.468 e. The van der Waals surface area contributed by atoms with E-state index in [1.807, 2.05) is 0 Å². The first-order valence-electron chi connectivity index (χ1n) is 3.65. The molecule has 1 heterocycles. The van der Waals surface area contributed by atoms with Gasteiger partial charge in [-0.15, -0.1) is 0 Å². The molecule has 1 rings (SSSR count). The topological polar surface area (TPSA) is 55.1 Å². The standard InChI is InChI=1S/C7H7F3N2O2/c1-11-2-5(13)4-3-14-6(12-4)7(8,9)10/h3,11H,2H2,1H3. The van der Waals surface area contributed by atoms with Crippen LogP contribution in [0.2, 0.25) is 0 Å². The third kappa shape index (κ3) is 2.32. The average Bonchev–Trinajstić information content (AvgIpc) is 2.51. The lowest BCUT2D eigenvalue weighted by Crippen LogP contribution is -2.19. The largest absolute Gasteiger partial charge is 0.468 e. The normalized spacial score (nSPS) is 11.7. The number of oxazole rings is 1. The fraction of sp³-hybridized carbons (Fsp3) is 0.429. The smallest absolute Gasteiger partial charge is 0.441 e. The van der Waals surface area contributed by atoms with E-state index in [1.54, 1.807) is 0 Å². The summed E-state index contributed by atoms with van der Waals surface area (Å²) in [6.07, 6.45) is -3.96. The van der Waals surface area contributed by atoms with Gasteiger partial charge in [0.25, 0.3) is 0 Å². The van der Waals surface area contributed by atoms with Gasteiger partial charge in [-0.05, 0) is 7.05 Å². The van der Waals surface area contributed by atoms with Crippen molar-refractivity contribution in [3.05, 3.63) is 17.8 Å². The molecule has 0 atom stereocenters. The lowest BCUT2D eigenvalue weighted by atomic mass is 10.3. The molecule has 1 aromatic heterocycles. The fourth-order valence-corrected chi connectivity index (χ4v) is 0.783. The molecule has 0 aromatic carbocycles. The summed E-state index contributed by atoms with van der Waals surface area (Å²) in [4.78, 5) is 14.1. The molecular weight excluding hydrogens is 201 g/mol. The first-order valence-corrected chi connectivity index (χ1v) is 3.65. The van der Waals surface area contributed by atoms with Gasteiger partial charge in [-0.1, -0.05) is 0 Å². The number of halogens is 3. The molecule has 0 aliphatic carbocycles. The van der Waals surface area contributed by atoms with Crippen molar-refractivity contribution in [2.24, 2.45) is 0 Å². The van der Waals surface area contributed by atoms with Crippen LogP contribution in [0.1, 0.15) is 16.4 Å². The highest BCUT2D eigenvalue weighted by Crippen LogP contribution is 2.28. The third-order valence-electron chi connectivity index (χ3n) is 1.37. The van der Waals surface area contributed by atoms with Crippen molar-refractivity contribution in [1.82, 2.24) is 10.3 Å². The minimum Gasteiger partial charge on any atom is -0.441 e. The molecule has 14 heavy (non-hydrogen) atoms. The van der Waals surface area contributed by atoms with E-state index in [1.165, 1.54) is 7.05 Å². The third-order valence-corrected chi connectivity index (χ3v) is 1.37. The number of nitrogens with zero attached hydrogens (tertiary/aromatic N) is 1. The summed E-state index contributed by atoms with van der Waals surface area (Å²) >= 11 is 0. The van der Waals surface area contributed by atoms with Gasteiger partial charge in [0.2, 0.25) is 0 Å². The second-order valence-corrected chi connectivity index (χ2v) is 2.49. The molecule has 7 heteroatoms. The Morgan fingerprint density at radius 2 is 2.29 bits per heavy atom. The maximum absolute atomic E-state index is 12.0. The van der Waals surface area contributed by atoms with E-state index in [4.69, 9.17) is 0 Å². The van der Waals surface area contributed by atoms with Crippen LogP contribution in [0.5, 0.6) is 0 Å². The van der Waals surface area contributed by atoms with Gasteiger partial charge in [0, 0.05) is 0 Å². The van der Waals surface area contributed by atoms with E-state index in [2.05, 4.69) is 14.7 Å². The molecule has 1 aromatic rings. The molecule has 0 aliphatic rings. The van der Waals surface area contributed by atoms with Gasteiger partial charge < -0.3 is 9.73 Å². The maximum atomic E-state index is 12.0.